The fourth-order valence-corrected chi connectivity index (χ4v) is 12.1. The molecule has 20 atom stereocenters. The summed E-state index contributed by atoms with van der Waals surface area (Å²) >= 11 is 2.61. The summed E-state index contributed by atoms with van der Waals surface area (Å²) in [6.07, 6.45) is -25.5. The number of carbonyl (C=O) groups excluding carboxylic acids is 12. The second kappa shape index (κ2) is 36.0. The molecule has 0 aromatic carbocycles. The maximum atomic E-state index is 12.8. The summed E-state index contributed by atoms with van der Waals surface area (Å²) in [5.41, 5.74) is 0. The Morgan fingerprint density at radius 2 is 0.602 bits per heavy atom. The van der Waals surface area contributed by atoms with Gasteiger partial charge in [0.25, 0.3) is 0 Å². The van der Waals surface area contributed by atoms with Crippen molar-refractivity contribution in [1.82, 2.24) is 10.6 Å². The molecule has 0 aliphatic carbocycles. The number of nitrogens with one attached hydrogen (secondary N) is 2. The normalized spacial score (nSPS) is 31.8. The van der Waals surface area contributed by atoms with Gasteiger partial charge in [-0.15, -0.1) is 0 Å². The summed E-state index contributed by atoms with van der Waals surface area (Å²) in [6.45, 7) is 12.2. The number of unbranched alkanes of at least 4 members (excludes halogenated alkanes) is 1. The van der Waals surface area contributed by atoms with Crippen LogP contribution in [-0.4, -0.2) is 245 Å². The van der Waals surface area contributed by atoms with Crippen LogP contribution in [0, 0.1) is 0 Å². The van der Waals surface area contributed by atoms with E-state index >= 15 is 0 Å². The average Bonchev–Trinajstić information content (AvgIpc) is 0.852. The van der Waals surface area contributed by atoms with E-state index in [1.54, 1.807) is 0 Å². The number of esters is 10. The van der Waals surface area contributed by atoms with E-state index in [1.807, 2.05) is 0 Å². The van der Waals surface area contributed by atoms with Crippen LogP contribution in [0.1, 0.15) is 95.9 Å². The number of hydrogen-bond donors (Lipinski definition) is 2. The van der Waals surface area contributed by atoms with Gasteiger partial charge in [0.2, 0.25) is 11.8 Å². The number of thioether (sulfide) groups is 2. The Morgan fingerprint density at radius 3 is 0.875 bits per heavy atom. The van der Waals surface area contributed by atoms with Gasteiger partial charge in [-0.1, -0.05) is 0 Å². The Balaban J connectivity index is 1.62. The van der Waals surface area contributed by atoms with Crippen molar-refractivity contribution in [3.63, 3.8) is 0 Å². The van der Waals surface area contributed by atoms with Crippen molar-refractivity contribution in [2.75, 3.05) is 50.4 Å². The van der Waals surface area contributed by atoms with Gasteiger partial charge in [0.05, 0.1) is 0 Å². The van der Waals surface area contributed by atoms with Crippen LogP contribution in [0.3, 0.4) is 0 Å². The molecule has 0 spiro atoms. The summed E-state index contributed by atoms with van der Waals surface area (Å²) < 4.78 is 105. The van der Waals surface area contributed by atoms with Crippen LogP contribution in [0.25, 0.3) is 0 Å². The third kappa shape index (κ3) is 23.1. The van der Waals surface area contributed by atoms with Gasteiger partial charge in [-0.05, 0) is 24.3 Å². The summed E-state index contributed by atoms with van der Waals surface area (Å²) in [6, 6.07) is -2.51. The standard InChI is InChI=1S/C54H80N2O30S2/c1-23(57)55-39-45(75-29(7)63)41(35(19-71-25(3)59)81-51(39)69-13)85-53-49(79-33(11)67)47(77-31(9)65)43(73-27(5)61)37(83-53)21-87-17-15-16-18-88-22-38-44(74-28(6)62)48(78-32(10)66)50(80-34(12)68)54(84-38)86-42-36(20-72-26(4)60)82-52(70-14)40(56-24(2)58)46(42)76-30(8)64/h35-54H,15-22H2,1-14H3,(H,55,57)(H,56,58)/t35-,36-,37-,38-,39-,40-,41+,42+,43+,44+,45-,46-,47+,48+,49-,50-,51-,52-,53+,54+/m1/s1. The van der Waals surface area contributed by atoms with Gasteiger partial charge < -0.3 is 95.9 Å². The van der Waals surface area contributed by atoms with Gasteiger partial charge in [-0.3, -0.25) is 57.5 Å². The van der Waals surface area contributed by atoms with Gasteiger partial charge in [-0.25, -0.2) is 0 Å². The summed E-state index contributed by atoms with van der Waals surface area (Å²) in [5.74, 6) is -8.77. The molecule has 4 fully saturated rings. The summed E-state index contributed by atoms with van der Waals surface area (Å²) in [7, 11) is 2.50. The zero-order chi connectivity index (χ0) is 65.7. The van der Waals surface area contributed by atoms with Crippen LogP contribution in [0.4, 0.5) is 0 Å². The number of rotatable bonds is 29. The van der Waals surface area contributed by atoms with Crippen LogP contribution in [-0.2, 0) is 143 Å². The molecule has 0 unspecified atom stereocenters. The smallest absolute Gasteiger partial charge is 0.303 e. The average molecular weight is 1300 g/mol. The molecule has 0 saturated carbocycles. The molecule has 4 saturated heterocycles. The zero-order valence-corrected chi connectivity index (χ0v) is 52.9. The third-order valence-electron chi connectivity index (χ3n) is 13.0. The van der Waals surface area contributed by atoms with Crippen molar-refractivity contribution < 1.29 is 143 Å². The summed E-state index contributed by atoms with van der Waals surface area (Å²) in [5, 5.41) is 5.25. The highest BCUT2D eigenvalue weighted by Gasteiger charge is 2.59. The number of ether oxygens (including phenoxy) is 18. The second-order valence-electron chi connectivity index (χ2n) is 20.4. The highest BCUT2D eigenvalue weighted by molar-refractivity contribution is 7.99. The van der Waals surface area contributed by atoms with E-state index in [-0.39, 0.29) is 11.5 Å². The Bertz CT molecular complexity index is 2270. The quantitative estimate of drug-likeness (QED) is 0.0555. The zero-order valence-electron chi connectivity index (χ0n) is 51.3. The van der Waals surface area contributed by atoms with Gasteiger partial charge in [0.1, 0.15) is 61.9 Å². The molecule has 32 nitrogen and oxygen atoms in total. The molecule has 2 N–H and O–H groups in total. The predicted octanol–water partition coefficient (Wildman–Crippen LogP) is -0.215. The minimum Gasteiger partial charge on any atom is -0.463 e. The van der Waals surface area contributed by atoms with Gasteiger partial charge >= 0.3 is 59.7 Å². The molecule has 0 radical (unpaired) electrons. The minimum absolute atomic E-state index is 0.00730. The first-order valence-electron chi connectivity index (χ1n) is 27.8. The molecule has 0 aromatic heterocycles. The van der Waals surface area contributed by atoms with Crippen molar-refractivity contribution in [2.24, 2.45) is 0 Å². The van der Waals surface area contributed by atoms with Crippen molar-refractivity contribution in [2.45, 2.75) is 219 Å². The van der Waals surface area contributed by atoms with E-state index in [9.17, 15) is 57.5 Å². The Labute approximate surface area is 515 Å². The maximum Gasteiger partial charge on any atom is 0.303 e. The molecule has 0 aromatic rings. The largest absolute Gasteiger partial charge is 0.463 e. The molecular weight excluding hydrogens is 1220 g/mol. The first kappa shape index (κ1) is 74.5. The lowest BCUT2D eigenvalue weighted by atomic mass is 9.95. The predicted molar refractivity (Wildman–Crippen MR) is 295 cm³/mol. The van der Waals surface area contributed by atoms with Crippen molar-refractivity contribution in [3.8, 4) is 0 Å². The van der Waals surface area contributed by atoms with Crippen LogP contribution >= 0.6 is 23.5 Å². The van der Waals surface area contributed by atoms with Gasteiger partial charge in [0, 0.05) is 109 Å². The molecule has 88 heavy (non-hydrogen) atoms. The Morgan fingerprint density at radius 1 is 0.330 bits per heavy atom. The third-order valence-corrected chi connectivity index (χ3v) is 15.3. The highest BCUT2D eigenvalue weighted by Crippen LogP contribution is 2.38. The first-order chi connectivity index (χ1) is 41.4. The number of amides is 2. The van der Waals surface area contributed by atoms with E-state index in [0.717, 1.165) is 69.2 Å². The molecule has 4 rings (SSSR count). The molecule has 2 amide bonds. The van der Waals surface area contributed by atoms with Gasteiger partial charge in [0.15, 0.2) is 74.0 Å². The van der Waals surface area contributed by atoms with Crippen LogP contribution in [0.5, 0.6) is 0 Å². The van der Waals surface area contributed by atoms with E-state index in [4.69, 9.17) is 85.3 Å². The number of hydrogen-bond acceptors (Lipinski definition) is 32. The lowest BCUT2D eigenvalue weighted by Gasteiger charge is -2.49. The monoisotopic (exact) mass is 1300 g/mol. The van der Waals surface area contributed by atoms with Crippen LogP contribution in [0.15, 0.2) is 0 Å². The Kier molecular flexibility index (Phi) is 30.5. The minimum atomic E-state index is -1.74. The summed E-state index contributed by atoms with van der Waals surface area (Å²) in [4.78, 5) is 151. The molecule has 4 heterocycles. The first-order valence-corrected chi connectivity index (χ1v) is 30.1. The lowest BCUT2D eigenvalue weighted by Crippen LogP contribution is -2.69. The molecule has 4 aliphatic rings. The number of carbonyl (C=O) groups is 12. The Hall–Kier alpha value is -5.98. The van der Waals surface area contributed by atoms with E-state index < -0.39 is 207 Å². The maximum absolute atomic E-state index is 12.8. The SMILES string of the molecule is CO[C@@H]1O[C@H](COC(C)=O)[C@H](O[C@@H]2O[C@H](CSCCCCSC[C@H]3O[C@@H](O[C@@H]4[C@H](OC(C)=O)[C@@H](NC(C)=O)[C@H](OC)O[C@@H]4COC(C)=O)[C@H](OC(C)=O)[C@@H](OC(C)=O)[C@H]3OC(C)=O)[C@H](OC(C)=O)[C@H](OC(C)=O)[C@H]2OC(C)=O)[C@H](OC(C)=O)[C@H]1NC(C)=O. The lowest BCUT2D eigenvalue weighted by molar-refractivity contribution is -0.344. The van der Waals surface area contributed by atoms with Crippen molar-refractivity contribution in [1.29, 1.82) is 0 Å². The number of methoxy groups -OCH3 is 2. The molecule has 0 bridgehead atoms. The van der Waals surface area contributed by atoms with Crippen molar-refractivity contribution in [3.05, 3.63) is 0 Å². The van der Waals surface area contributed by atoms with E-state index in [0.29, 0.717) is 24.3 Å². The fourth-order valence-electron chi connectivity index (χ4n) is 9.96. The topological polar surface area (TPSA) is 395 Å². The van der Waals surface area contributed by atoms with Gasteiger partial charge in [-0.2, -0.15) is 23.5 Å². The molecule has 4 aliphatic heterocycles. The molecule has 34 heteroatoms. The van der Waals surface area contributed by atoms with Crippen molar-refractivity contribution >= 4 is 95.0 Å². The second-order valence-corrected chi connectivity index (χ2v) is 22.7. The van der Waals surface area contributed by atoms with E-state index in [1.165, 1.54) is 51.6 Å². The van der Waals surface area contributed by atoms with Crippen LogP contribution in [0.2, 0.25) is 0 Å². The molecular formula is C54H80N2O30S2. The van der Waals surface area contributed by atoms with Crippen LogP contribution < -0.4 is 10.6 Å². The highest BCUT2D eigenvalue weighted by atomic mass is 32.2. The molecule has 498 valence electrons. The van der Waals surface area contributed by atoms with E-state index in [2.05, 4.69) is 10.6 Å². The fraction of sp³-hybridized carbons (Fsp3) is 0.778.